The minimum atomic E-state index is -0.0480. The van der Waals surface area contributed by atoms with Crippen molar-refractivity contribution in [1.82, 2.24) is 10.2 Å². The molecule has 0 aliphatic carbocycles. The van der Waals surface area contributed by atoms with Gasteiger partial charge in [0.2, 0.25) is 0 Å². The van der Waals surface area contributed by atoms with Crippen LogP contribution in [-0.2, 0) is 14.9 Å². The molecule has 1 unspecified atom stereocenters. The average molecular weight is 396 g/mol. The molecule has 1 saturated heterocycles. The Morgan fingerprint density at radius 2 is 2.04 bits per heavy atom. The quantitative estimate of drug-likeness (QED) is 0.394. The minimum Gasteiger partial charge on any atom is -0.382 e. The molecule has 1 heterocycles. The van der Waals surface area contributed by atoms with Gasteiger partial charge in [0.1, 0.15) is 0 Å². The van der Waals surface area contributed by atoms with Crippen LogP contribution >= 0.6 is 11.6 Å². The molecule has 2 rings (SSSR count). The Balaban J connectivity index is 1.94. The second kappa shape index (κ2) is 10.9. The maximum atomic E-state index is 6.02. The molecule has 1 atom stereocenters. The third-order valence-corrected chi connectivity index (χ3v) is 5.21. The molecular formula is C21H34ClN3O2. The monoisotopic (exact) mass is 395 g/mol. The zero-order valence-corrected chi connectivity index (χ0v) is 17.9. The van der Waals surface area contributed by atoms with Gasteiger partial charge in [-0.25, -0.2) is 0 Å². The first-order valence-electron chi connectivity index (χ1n) is 9.82. The van der Waals surface area contributed by atoms with Gasteiger partial charge in [-0.2, -0.15) is 0 Å². The highest BCUT2D eigenvalue weighted by atomic mass is 35.5. The largest absolute Gasteiger partial charge is 0.382 e. The molecule has 0 saturated carbocycles. The standard InChI is InChI=1S/C21H34ClN3O2/c1-5-23-20(25-11-10-17(14-25)15-27-13-12-26-4)24-16-21(2,3)18-6-8-19(22)9-7-18/h6-9,17H,5,10-16H2,1-4H3,(H,23,24). The van der Waals surface area contributed by atoms with Gasteiger partial charge in [-0.05, 0) is 31.0 Å². The Bertz CT molecular complexity index is 590. The van der Waals surface area contributed by atoms with Crippen LogP contribution in [0.25, 0.3) is 0 Å². The van der Waals surface area contributed by atoms with Crippen molar-refractivity contribution in [2.75, 3.05) is 53.1 Å². The number of hydrogen-bond donors (Lipinski definition) is 1. The molecule has 0 radical (unpaired) electrons. The molecule has 27 heavy (non-hydrogen) atoms. The van der Waals surface area contributed by atoms with Gasteiger partial charge in [0, 0.05) is 43.1 Å². The summed E-state index contributed by atoms with van der Waals surface area (Å²) in [5.74, 6) is 1.55. The van der Waals surface area contributed by atoms with Gasteiger partial charge in [0.05, 0.1) is 26.4 Å². The average Bonchev–Trinajstić information content (AvgIpc) is 3.11. The van der Waals surface area contributed by atoms with Crippen molar-refractivity contribution in [1.29, 1.82) is 0 Å². The second-order valence-electron chi connectivity index (χ2n) is 7.73. The third kappa shape index (κ3) is 6.98. The van der Waals surface area contributed by atoms with Gasteiger partial charge in [0.25, 0.3) is 0 Å². The summed E-state index contributed by atoms with van der Waals surface area (Å²) in [5.41, 5.74) is 1.20. The summed E-state index contributed by atoms with van der Waals surface area (Å²) in [4.78, 5) is 7.30. The van der Waals surface area contributed by atoms with Crippen molar-refractivity contribution in [3.05, 3.63) is 34.9 Å². The van der Waals surface area contributed by atoms with E-state index in [0.717, 1.165) is 50.2 Å². The maximum absolute atomic E-state index is 6.02. The fourth-order valence-electron chi connectivity index (χ4n) is 3.24. The normalized spacial score (nSPS) is 18.2. The zero-order valence-electron chi connectivity index (χ0n) is 17.1. The summed E-state index contributed by atoms with van der Waals surface area (Å²) < 4.78 is 10.7. The summed E-state index contributed by atoms with van der Waals surface area (Å²) in [6, 6.07) is 8.08. The second-order valence-corrected chi connectivity index (χ2v) is 8.17. The van der Waals surface area contributed by atoms with E-state index in [4.69, 9.17) is 26.1 Å². The predicted molar refractivity (Wildman–Crippen MR) is 113 cm³/mol. The molecule has 0 bridgehead atoms. The molecule has 0 spiro atoms. The van der Waals surface area contributed by atoms with Gasteiger partial charge in [0.15, 0.2) is 5.96 Å². The number of methoxy groups -OCH3 is 1. The van der Waals surface area contributed by atoms with E-state index in [1.807, 2.05) is 12.1 Å². The number of benzene rings is 1. The van der Waals surface area contributed by atoms with Crippen LogP contribution in [0.4, 0.5) is 0 Å². The number of aliphatic imine (C=N–C) groups is 1. The van der Waals surface area contributed by atoms with Crippen LogP contribution < -0.4 is 5.32 Å². The van der Waals surface area contributed by atoms with E-state index in [2.05, 4.69) is 43.1 Å². The van der Waals surface area contributed by atoms with Gasteiger partial charge in [-0.3, -0.25) is 4.99 Å². The highest BCUT2D eigenvalue weighted by Crippen LogP contribution is 2.25. The number of rotatable bonds is 9. The molecule has 6 heteroatoms. The van der Waals surface area contributed by atoms with E-state index < -0.39 is 0 Å². The van der Waals surface area contributed by atoms with Crippen molar-refractivity contribution in [3.63, 3.8) is 0 Å². The SMILES string of the molecule is CCNC(=NCC(C)(C)c1ccc(Cl)cc1)N1CCC(COCCOC)C1. The van der Waals surface area contributed by atoms with Crippen molar-refractivity contribution in [2.24, 2.45) is 10.9 Å². The number of halogens is 1. The van der Waals surface area contributed by atoms with E-state index in [0.29, 0.717) is 19.1 Å². The predicted octanol–water partition coefficient (Wildman–Crippen LogP) is 3.57. The Morgan fingerprint density at radius 1 is 1.30 bits per heavy atom. The third-order valence-electron chi connectivity index (χ3n) is 4.96. The van der Waals surface area contributed by atoms with Crippen LogP contribution in [0.5, 0.6) is 0 Å². The lowest BCUT2D eigenvalue weighted by molar-refractivity contribution is 0.0536. The lowest BCUT2D eigenvalue weighted by Gasteiger charge is -2.26. The van der Waals surface area contributed by atoms with E-state index >= 15 is 0 Å². The van der Waals surface area contributed by atoms with Crippen LogP contribution in [-0.4, -0.2) is 64.0 Å². The first kappa shape index (κ1) is 22.0. The molecule has 5 nitrogen and oxygen atoms in total. The molecule has 0 aromatic heterocycles. The lowest BCUT2D eigenvalue weighted by Crippen LogP contribution is -2.41. The van der Waals surface area contributed by atoms with Gasteiger partial charge in [-0.1, -0.05) is 37.6 Å². The number of likely N-dealkylation sites (tertiary alicyclic amines) is 1. The van der Waals surface area contributed by atoms with Crippen LogP contribution in [0.1, 0.15) is 32.8 Å². The Labute approximate surface area is 169 Å². The summed E-state index contributed by atoms with van der Waals surface area (Å²) in [6.45, 7) is 12.3. The Morgan fingerprint density at radius 3 is 2.70 bits per heavy atom. The van der Waals surface area contributed by atoms with E-state index in [1.165, 1.54) is 5.56 Å². The minimum absolute atomic E-state index is 0.0480. The van der Waals surface area contributed by atoms with Gasteiger partial charge < -0.3 is 19.7 Å². The molecule has 1 N–H and O–H groups in total. The molecule has 1 aromatic carbocycles. The van der Waals surface area contributed by atoms with Crippen molar-refractivity contribution in [3.8, 4) is 0 Å². The number of nitrogens with zero attached hydrogens (tertiary/aromatic N) is 2. The number of hydrogen-bond acceptors (Lipinski definition) is 3. The van der Waals surface area contributed by atoms with Gasteiger partial charge >= 0.3 is 0 Å². The number of guanidine groups is 1. The molecule has 1 fully saturated rings. The maximum Gasteiger partial charge on any atom is 0.193 e. The summed E-state index contributed by atoms with van der Waals surface area (Å²) in [6.07, 6.45) is 1.14. The van der Waals surface area contributed by atoms with Crippen LogP contribution in [0, 0.1) is 5.92 Å². The highest BCUT2D eigenvalue weighted by molar-refractivity contribution is 6.30. The Hall–Kier alpha value is -1.30. The van der Waals surface area contributed by atoms with Crippen LogP contribution in [0.2, 0.25) is 5.02 Å². The number of nitrogens with one attached hydrogen (secondary N) is 1. The van der Waals surface area contributed by atoms with E-state index in [1.54, 1.807) is 7.11 Å². The van der Waals surface area contributed by atoms with Crippen LogP contribution in [0.15, 0.2) is 29.3 Å². The van der Waals surface area contributed by atoms with Crippen molar-refractivity contribution >= 4 is 17.6 Å². The summed E-state index contributed by atoms with van der Waals surface area (Å²) in [7, 11) is 1.70. The van der Waals surface area contributed by atoms with Crippen molar-refractivity contribution < 1.29 is 9.47 Å². The topological polar surface area (TPSA) is 46.1 Å². The lowest BCUT2D eigenvalue weighted by atomic mass is 9.85. The Kier molecular flexibility index (Phi) is 8.87. The van der Waals surface area contributed by atoms with Crippen molar-refractivity contribution in [2.45, 2.75) is 32.6 Å². The fraction of sp³-hybridized carbons (Fsp3) is 0.667. The first-order valence-corrected chi connectivity index (χ1v) is 10.2. The summed E-state index contributed by atoms with van der Waals surface area (Å²) >= 11 is 6.02. The van der Waals surface area contributed by atoms with E-state index in [-0.39, 0.29) is 5.41 Å². The first-order chi connectivity index (χ1) is 13.0. The smallest absolute Gasteiger partial charge is 0.193 e. The molecule has 152 valence electrons. The molecule has 1 aliphatic rings. The number of ether oxygens (including phenoxy) is 2. The van der Waals surface area contributed by atoms with Gasteiger partial charge in [-0.15, -0.1) is 0 Å². The molecule has 1 aromatic rings. The highest BCUT2D eigenvalue weighted by Gasteiger charge is 2.26. The zero-order chi connectivity index (χ0) is 19.7. The molecule has 0 amide bonds. The van der Waals surface area contributed by atoms with Crippen LogP contribution in [0.3, 0.4) is 0 Å². The molecular weight excluding hydrogens is 362 g/mol. The molecule has 1 aliphatic heterocycles. The fourth-order valence-corrected chi connectivity index (χ4v) is 3.37. The summed E-state index contributed by atoms with van der Waals surface area (Å²) in [5, 5.41) is 4.21. The van der Waals surface area contributed by atoms with E-state index in [9.17, 15) is 0 Å².